The molecule has 3 aromatic carbocycles. The molecule has 8 nitrogen and oxygen atoms in total. The van der Waals surface area contributed by atoms with E-state index in [0.717, 1.165) is 22.4 Å². The van der Waals surface area contributed by atoms with Crippen molar-refractivity contribution in [1.82, 2.24) is 10.2 Å². The van der Waals surface area contributed by atoms with Gasteiger partial charge in [0.25, 0.3) is 0 Å². The first kappa shape index (κ1) is 31.0. The molecule has 0 aromatic heterocycles. The molecule has 0 saturated carbocycles. The summed E-state index contributed by atoms with van der Waals surface area (Å²) in [6.07, 6.45) is 0.862. The van der Waals surface area contributed by atoms with Crippen LogP contribution in [0, 0.1) is 0 Å². The fourth-order valence-electron chi connectivity index (χ4n) is 4.49. The molecule has 0 heterocycles. The van der Waals surface area contributed by atoms with Crippen LogP contribution in [0.3, 0.4) is 0 Å². The molecule has 9 heteroatoms. The lowest BCUT2D eigenvalue weighted by atomic mass is 9.97. The Hall–Kier alpha value is -3.53. The number of aliphatic hydroxyl groups is 1. The fourth-order valence-corrected chi connectivity index (χ4v) is 4.95. The van der Waals surface area contributed by atoms with Crippen LogP contribution in [0.4, 0.5) is 4.79 Å². The summed E-state index contributed by atoms with van der Waals surface area (Å²) in [4.78, 5) is 27.7. The third-order valence-corrected chi connectivity index (χ3v) is 7.23. The van der Waals surface area contributed by atoms with Crippen molar-refractivity contribution in [1.29, 1.82) is 0 Å². The first-order valence-electron chi connectivity index (χ1n) is 13.3. The number of primary amides is 1. The Balaban J connectivity index is 1.87. The number of nitrogens with one attached hydrogen (secondary N) is 1. The Kier molecular flexibility index (Phi) is 12.8. The van der Waals surface area contributed by atoms with Gasteiger partial charge in [0.15, 0.2) is 0 Å². The molecule has 40 heavy (non-hydrogen) atoms. The minimum Gasteiger partial charge on any atom is -0.497 e. The van der Waals surface area contributed by atoms with E-state index in [0.29, 0.717) is 25.1 Å². The van der Waals surface area contributed by atoms with Gasteiger partial charge in [-0.1, -0.05) is 72.8 Å². The number of nitrogens with zero attached hydrogens (tertiary/aromatic N) is 1. The number of ether oxygens (including phenoxy) is 2. The summed E-state index contributed by atoms with van der Waals surface area (Å²) in [5, 5.41) is 14.8. The number of nitrogens with two attached hydrogens (primary N) is 1. The van der Waals surface area contributed by atoms with Crippen LogP contribution in [0.1, 0.15) is 23.1 Å². The maximum absolute atomic E-state index is 13.7. The molecule has 0 aliphatic carbocycles. The van der Waals surface area contributed by atoms with Crippen molar-refractivity contribution >= 4 is 23.8 Å². The van der Waals surface area contributed by atoms with Crippen LogP contribution in [0.5, 0.6) is 5.75 Å². The minimum absolute atomic E-state index is 0.0342. The second kappa shape index (κ2) is 16.5. The molecule has 0 radical (unpaired) electrons. The van der Waals surface area contributed by atoms with E-state index in [-0.39, 0.29) is 13.2 Å². The van der Waals surface area contributed by atoms with E-state index in [1.165, 1.54) is 4.90 Å². The largest absolute Gasteiger partial charge is 0.497 e. The summed E-state index contributed by atoms with van der Waals surface area (Å²) in [6.45, 7) is 0.689. The van der Waals surface area contributed by atoms with Gasteiger partial charge in [0.2, 0.25) is 5.91 Å². The molecular formula is C31H39N3O5S. The zero-order chi connectivity index (χ0) is 28.7. The molecule has 0 fully saturated rings. The van der Waals surface area contributed by atoms with Gasteiger partial charge in [-0.05, 0) is 53.7 Å². The number of benzene rings is 3. The monoisotopic (exact) mass is 565 g/mol. The van der Waals surface area contributed by atoms with Crippen molar-refractivity contribution in [3.05, 3.63) is 102 Å². The van der Waals surface area contributed by atoms with Crippen molar-refractivity contribution in [3.63, 3.8) is 0 Å². The van der Waals surface area contributed by atoms with E-state index in [2.05, 4.69) is 5.32 Å². The standard InChI is InChI=1S/C31H39N3O5S/c1-38-26-15-9-14-25(18-26)20-33-21-29(35)28(19-23-10-5-3-6-11-23)34(27(30(32)36)16-17-40-2)31(37)39-22-24-12-7-4-8-13-24/h3-15,18,27-29,33,35H,16-17,19-22H2,1-2H3,(H2,32,36)/t27?,28-,29+/m0/s1. The molecule has 4 N–H and O–H groups in total. The van der Waals surface area contributed by atoms with E-state index in [4.69, 9.17) is 15.2 Å². The van der Waals surface area contributed by atoms with Gasteiger partial charge in [-0.3, -0.25) is 9.69 Å². The van der Waals surface area contributed by atoms with Crippen LogP contribution in [0.15, 0.2) is 84.9 Å². The SMILES string of the molecule is COc1cccc(CNC[C@@H](O)[C@H](Cc2ccccc2)N(C(=O)OCc2ccccc2)C(CCSC)C(N)=O)c1. The van der Waals surface area contributed by atoms with Crippen molar-refractivity contribution in [3.8, 4) is 5.75 Å². The van der Waals surface area contributed by atoms with E-state index in [1.54, 1.807) is 18.9 Å². The molecule has 0 spiro atoms. The summed E-state index contributed by atoms with van der Waals surface area (Å²) in [7, 11) is 1.61. The van der Waals surface area contributed by atoms with E-state index in [9.17, 15) is 14.7 Å². The Morgan fingerprint density at radius 2 is 1.62 bits per heavy atom. The highest BCUT2D eigenvalue weighted by atomic mass is 32.2. The zero-order valence-corrected chi connectivity index (χ0v) is 23.9. The first-order valence-corrected chi connectivity index (χ1v) is 14.6. The number of thioether (sulfide) groups is 1. The quantitative estimate of drug-likeness (QED) is 0.241. The Morgan fingerprint density at radius 1 is 0.975 bits per heavy atom. The van der Waals surface area contributed by atoms with Crippen LogP contribution >= 0.6 is 11.8 Å². The first-order chi connectivity index (χ1) is 19.4. The molecular weight excluding hydrogens is 526 g/mol. The maximum atomic E-state index is 13.7. The van der Waals surface area contributed by atoms with Gasteiger partial charge >= 0.3 is 6.09 Å². The van der Waals surface area contributed by atoms with Crippen molar-refractivity contribution < 1.29 is 24.2 Å². The lowest BCUT2D eigenvalue weighted by Gasteiger charge is -2.38. The van der Waals surface area contributed by atoms with Crippen LogP contribution in [-0.2, 0) is 29.1 Å². The molecule has 3 atom stereocenters. The van der Waals surface area contributed by atoms with Crippen molar-refractivity contribution in [2.24, 2.45) is 5.73 Å². The van der Waals surface area contributed by atoms with Gasteiger partial charge in [0.1, 0.15) is 18.4 Å². The summed E-state index contributed by atoms with van der Waals surface area (Å²) in [5.41, 5.74) is 8.56. The number of methoxy groups -OCH3 is 1. The number of hydrogen-bond acceptors (Lipinski definition) is 7. The third-order valence-electron chi connectivity index (χ3n) is 6.58. The highest BCUT2D eigenvalue weighted by Gasteiger charge is 2.38. The molecule has 0 aliphatic heterocycles. The number of amides is 2. The predicted octanol–water partition coefficient (Wildman–Crippen LogP) is 4.00. The van der Waals surface area contributed by atoms with Crippen molar-refractivity contribution in [2.75, 3.05) is 25.7 Å². The zero-order valence-electron chi connectivity index (χ0n) is 23.1. The molecule has 0 aliphatic rings. The number of carbonyl (C=O) groups is 2. The smallest absolute Gasteiger partial charge is 0.411 e. The predicted molar refractivity (Wildman–Crippen MR) is 159 cm³/mol. The van der Waals surface area contributed by atoms with E-state index >= 15 is 0 Å². The fraction of sp³-hybridized carbons (Fsp3) is 0.355. The maximum Gasteiger partial charge on any atom is 0.411 e. The van der Waals surface area contributed by atoms with Gasteiger partial charge in [0, 0.05) is 13.1 Å². The molecule has 1 unspecified atom stereocenters. The average Bonchev–Trinajstić information content (AvgIpc) is 2.98. The van der Waals surface area contributed by atoms with Crippen LogP contribution in [-0.4, -0.2) is 65.9 Å². The summed E-state index contributed by atoms with van der Waals surface area (Å²) < 4.78 is 11.0. The second-order valence-electron chi connectivity index (χ2n) is 9.45. The number of hydrogen-bond donors (Lipinski definition) is 3. The molecule has 0 saturated heterocycles. The van der Waals surface area contributed by atoms with Gasteiger partial charge in [-0.2, -0.15) is 11.8 Å². The molecule has 3 rings (SSSR count). The summed E-state index contributed by atoms with van der Waals surface area (Å²) in [6, 6.07) is 24.8. The Morgan fingerprint density at radius 3 is 2.25 bits per heavy atom. The van der Waals surface area contributed by atoms with Gasteiger partial charge < -0.3 is 25.6 Å². The Bertz CT molecular complexity index is 1180. The normalized spacial score (nSPS) is 13.2. The average molecular weight is 566 g/mol. The van der Waals surface area contributed by atoms with Crippen LogP contribution in [0.25, 0.3) is 0 Å². The minimum atomic E-state index is -1.02. The van der Waals surface area contributed by atoms with Crippen molar-refractivity contribution in [2.45, 2.75) is 44.2 Å². The van der Waals surface area contributed by atoms with Gasteiger partial charge in [-0.15, -0.1) is 0 Å². The summed E-state index contributed by atoms with van der Waals surface area (Å²) >= 11 is 1.55. The lowest BCUT2D eigenvalue weighted by molar-refractivity contribution is -0.124. The molecule has 214 valence electrons. The molecule has 3 aromatic rings. The van der Waals surface area contributed by atoms with Gasteiger partial charge in [0.05, 0.1) is 19.3 Å². The highest BCUT2D eigenvalue weighted by Crippen LogP contribution is 2.21. The van der Waals surface area contributed by atoms with Crippen LogP contribution < -0.4 is 15.8 Å². The number of rotatable bonds is 16. The molecule has 2 amide bonds. The van der Waals surface area contributed by atoms with Gasteiger partial charge in [-0.25, -0.2) is 4.79 Å². The Labute approximate surface area is 240 Å². The second-order valence-corrected chi connectivity index (χ2v) is 10.4. The van der Waals surface area contributed by atoms with E-state index in [1.807, 2.05) is 91.2 Å². The number of carbonyl (C=O) groups excluding carboxylic acids is 2. The topological polar surface area (TPSA) is 114 Å². The number of aliphatic hydroxyl groups excluding tert-OH is 1. The lowest BCUT2D eigenvalue weighted by Crippen LogP contribution is -2.59. The van der Waals surface area contributed by atoms with E-state index < -0.39 is 30.2 Å². The highest BCUT2D eigenvalue weighted by molar-refractivity contribution is 7.98. The summed E-state index contributed by atoms with van der Waals surface area (Å²) in [5.74, 6) is 0.714. The third kappa shape index (κ3) is 9.59. The van der Waals surface area contributed by atoms with Crippen LogP contribution in [0.2, 0.25) is 0 Å². The molecule has 0 bridgehead atoms.